The highest BCUT2D eigenvalue weighted by molar-refractivity contribution is 6.30. The van der Waals surface area contributed by atoms with E-state index in [0.717, 1.165) is 11.1 Å². The zero-order valence-electron chi connectivity index (χ0n) is 19.4. The lowest BCUT2D eigenvalue weighted by Gasteiger charge is -2.15. The molecule has 180 valence electrons. The average Bonchev–Trinajstić information content (AvgIpc) is 3.00. The van der Waals surface area contributed by atoms with Crippen LogP contribution in [0, 0.1) is 6.92 Å². The number of hydrogen-bond acceptors (Lipinski definition) is 6. The van der Waals surface area contributed by atoms with Crippen molar-refractivity contribution in [2.24, 2.45) is 0 Å². The van der Waals surface area contributed by atoms with Crippen LogP contribution in [0.1, 0.15) is 37.4 Å². The minimum Gasteiger partial charge on any atom is -0.508 e. The first-order chi connectivity index (χ1) is 17.4. The van der Waals surface area contributed by atoms with E-state index >= 15 is 0 Å². The molecule has 1 aliphatic heterocycles. The van der Waals surface area contributed by atoms with Gasteiger partial charge in [-0.05, 0) is 66.1 Å². The SMILES string of the molecule is Cc1ccc(O)cc1Nc1ccnc2c1C(=O)Cc1cc(C(=O)NCc3cccc(Cl)c3)ccc1N2. The van der Waals surface area contributed by atoms with Crippen LogP contribution in [0.25, 0.3) is 0 Å². The number of rotatable bonds is 5. The van der Waals surface area contributed by atoms with Crippen LogP contribution < -0.4 is 16.0 Å². The number of pyridine rings is 1. The van der Waals surface area contributed by atoms with Gasteiger partial charge in [0.25, 0.3) is 5.91 Å². The van der Waals surface area contributed by atoms with Crippen LogP contribution >= 0.6 is 11.6 Å². The van der Waals surface area contributed by atoms with E-state index in [1.54, 1.807) is 60.8 Å². The van der Waals surface area contributed by atoms with E-state index in [2.05, 4.69) is 20.9 Å². The Hall–Kier alpha value is -4.36. The molecular weight excluding hydrogens is 476 g/mol. The van der Waals surface area contributed by atoms with Gasteiger partial charge >= 0.3 is 0 Å². The molecule has 0 fully saturated rings. The number of phenols is 1. The normalized spacial score (nSPS) is 12.1. The molecule has 1 aromatic heterocycles. The number of anilines is 4. The predicted octanol–water partition coefficient (Wildman–Crippen LogP) is 5.91. The summed E-state index contributed by atoms with van der Waals surface area (Å²) in [7, 11) is 0. The van der Waals surface area contributed by atoms with E-state index in [4.69, 9.17) is 11.6 Å². The Bertz CT molecular complexity index is 1500. The number of hydrogen-bond donors (Lipinski definition) is 4. The van der Waals surface area contributed by atoms with E-state index in [1.165, 1.54) is 0 Å². The summed E-state index contributed by atoms with van der Waals surface area (Å²) in [4.78, 5) is 30.6. The second-order valence-electron chi connectivity index (χ2n) is 8.62. The van der Waals surface area contributed by atoms with Crippen LogP contribution in [0.2, 0.25) is 5.02 Å². The minimum atomic E-state index is -0.244. The maximum absolute atomic E-state index is 13.4. The Morgan fingerprint density at radius 2 is 1.94 bits per heavy atom. The maximum Gasteiger partial charge on any atom is 0.251 e. The Labute approximate surface area is 213 Å². The van der Waals surface area contributed by atoms with Gasteiger partial charge in [0.2, 0.25) is 0 Å². The van der Waals surface area contributed by atoms with E-state index in [1.807, 2.05) is 19.1 Å². The summed E-state index contributed by atoms with van der Waals surface area (Å²) < 4.78 is 0. The van der Waals surface area contributed by atoms with E-state index in [9.17, 15) is 14.7 Å². The van der Waals surface area contributed by atoms with Crippen LogP contribution in [0.5, 0.6) is 5.75 Å². The molecule has 4 aromatic rings. The molecule has 1 aliphatic rings. The van der Waals surface area contributed by atoms with Crippen molar-refractivity contribution in [3.05, 3.63) is 106 Å². The van der Waals surface area contributed by atoms with Gasteiger partial charge in [0.05, 0.1) is 11.3 Å². The fraction of sp³-hybridized carbons (Fsp3) is 0.107. The van der Waals surface area contributed by atoms with Crippen LogP contribution in [-0.2, 0) is 13.0 Å². The molecule has 0 atom stereocenters. The van der Waals surface area contributed by atoms with Gasteiger partial charge < -0.3 is 21.1 Å². The number of phenolic OH excluding ortho intramolecular Hbond substituents is 1. The third-order valence-corrected chi connectivity index (χ3v) is 6.27. The van der Waals surface area contributed by atoms with Crippen molar-refractivity contribution in [2.75, 3.05) is 10.6 Å². The molecule has 0 saturated heterocycles. The van der Waals surface area contributed by atoms with Crippen molar-refractivity contribution in [1.82, 2.24) is 10.3 Å². The van der Waals surface area contributed by atoms with Crippen LogP contribution in [0.15, 0.2) is 72.9 Å². The Balaban J connectivity index is 1.39. The number of aromatic nitrogens is 1. The maximum atomic E-state index is 13.4. The van der Waals surface area contributed by atoms with Gasteiger partial charge in [0.1, 0.15) is 11.6 Å². The zero-order chi connectivity index (χ0) is 25.2. The van der Waals surface area contributed by atoms with Crippen molar-refractivity contribution in [3.8, 4) is 5.75 Å². The highest BCUT2D eigenvalue weighted by Crippen LogP contribution is 2.35. The lowest BCUT2D eigenvalue weighted by Crippen LogP contribution is -2.23. The van der Waals surface area contributed by atoms with Gasteiger partial charge in [-0.25, -0.2) is 4.98 Å². The number of ketones is 1. The van der Waals surface area contributed by atoms with Crippen molar-refractivity contribution in [2.45, 2.75) is 19.9 Å². The number of nitrogens with zero attached hydrogens (tertiary/aromatic N) is 1. The average molecular weight is 499 g/mol. The van der Waals surface area contributed by atoms with Crippen LogP contribution in [-0.4, -0.2) is 21.8 Å². The summed E-state index contributed by atoms with van der Waals surface area (Å²) in [6.07, 6.45) is 1.71. The van der Waals surface area contributed by atoms with Gasteiger partial charge in [0, 0.05) is 47.2 Å². The number of aryl methyl sites for hydroxylation is 1. The molecule has 5 rings (SSSR count). The zero-order valence-corrected chi connectivity index (χ0v) is 20.2. The molecule has 0 saturated carbocycles. The molecule has 0 aliphatic carbocycles. The summed E-state index contributed by atoms with van der Waals surface area (Å²) in [6.45, 7) is 2.25. The molecule has 0 spiro atoms. The monoisotopic (exact) mass is 498 g/mol. The first-order valence-corrected chi connectivity index (χ1v) is 11.8. The molecule has 2 heterocycles. The summed E-state index contributed by atoms with van der Waals surface area (Å²) in [5, 5.41) is 19.9. The van der Waals surface area contributed by atoms with Crippen LogP contribution in [0.3, 0.4) is 0 Å². The highest BCUT2D eigenvalue weighted by Gasteiger charge is 2.25. The Kier molecular flexibility index (Phi) is 6.31. The number of benzene rings is 3. The largest absolute Gasteiger partial charge is 0.508 e. The van der Waals surface area contributed by atoms with Crippen molar-refractivity contribution < 1.29 is 14.7 Å². The van der Waals surface area contributed by atoms with E-state index in [-0.39, 0.29) is 23.9 Å². The number of amides is 1. The number of aromatic hydroxyl groups is 1. The van der Waals surface area contributed by atoms with Crippen molar-refractivity contribution >= 4 is 46.2 Å². The van der Waals surface area contributed by atoms with Gasteiger partial charge in [-0.1, -0.05) is 29.8 Å². The molecule has 0 bridgehead atoms. The van der Waals surface area contributed by atoms with Gasteiger partial charge in [0.15, 0.2) is 5.78 Å². The molecule has 0 unspecified atom stereocenters. The third-order valence-electron chi connectivity index (χ3n) is 6.03. The molecule has 8 heteroatoms. The number of carbonyl (C=O) groups excluding carboxylic acids is 2. The number of carbonyl (C=O) groups is 2. The Morgan fingerprint density at radius 3 is 2.78 bits per heavy atom. The molecule has 7 nitrogen and oxygen atoms in total. The van der Waals surface area contributed by atoms with Crippen molar-refractivity contribution in [1.29, 1.82) is 0 Å². The molecule has 3 aromatic carbocycles. The lowest BCUT2D eigenvalue weighted by molar-refractivity contribution is 0.0948. The topological polar surface area (TPSA) is 103 Å². The van der Waals surface area contributed by atoms with Gasteiger partial charge in [-0.15, -0.1) is 0 Å². The molecule has 0 radical (unpaired) electrons. The smallest absolute Gasteiger partial charge is 0.251 e. The highest BCUT2D eigenvalue weighted by atomic mass is 35.5. The fourth-order valence-electron chi connectivity index (χ4n) is 4.16. The number of fused-ring (bicyclic) bond motifs is 2. The summed E-state index contributed by atoms with van der Waals surface area (Å²) in [6, 6.07) is 19.3. The quantitative estimate of drug-likeness (QED) is 0.273. The summed E-state index contributed by atoms with van der Waals surface area (Å²) in [5.41, 5.74) is 5.38. The van der Waals surface area contributed by atoms with Crippen LogP contribution in [0.4, 0.5) is 22.9 Å². The van der Waals surface area contributed by atoms with Gasteiger partial charge in [-0.2, -0.15) is 0 Å². The fourth-order valence-corrected chi connectivity index (χ4v) is 4.37. The van der Waals surface area contributed by atoms with E-state index in [0.29, 0.717) is 51.1 Å². The minimum absolute atomic E-state index is 0.101. The molecule has 36 heavy (non-hydrogen) atoms. The number of nitrogens with one attached hydrogen (secondary N) is 3. The number of Topliss-reactive ketones (excluding diaryl/α,β-unsaturated/α-hetero) is 1. The third kappa shape index (κ3) is 4.87. The standard InChI is InChI=1S/C28H23ClN4O3/c1-16-5-7-21(34)14-24(16)32-23-9-10-30-27-26(23)25(35)13-19-12-18(6-8-22(19)33-27)28(36)31-15-17-3-2-4-20(29)11-17/h2-12,14,34H,13,15H2,1H3,(H,31,36)(H2,30,32,33). The van der Waals surface area contributed by atoms with E-state index < -0.39 is 0 Å². The lowest BCUT2D eigenvalue weighted by atomic mass is 10.0. The number of halogens is 1. The van der Waals surface area contributed by atoms with Crippen molar-refractivity contribution in [3.63, 3.8) is 0 Å². The second kappa shape index (κ2) is 9.71. The molecule has 1 amide bonds. The molecule has 4 N–H and O–H groups in total. The second-order valence-corrected chi connectivity index (χ2v) is 9.05. The predicted molar refractivity (Wildman–Crippen MR) is 141 cm³/mol. The summed E-state index contributed by atoms with van der Waals surface area (Å²) in [5.74, 6) is 0.175. The Morgan fingerprint density at radius 1 is 1.08 bits per heavy atom. The summed E-state index contributed by atoms with van der Waals surface area (Å²) >= 11 is 6.02. The first-order valence-electron chi connectivity index (χ1n) is 11.4. The van der Waals surface area contributed by atoms with Gasteiger partial charge in [-0.3, -0.25) is 9.59 Å². The first kappa shape index (κ1) is 23.4. The molecular formula is C28H23ClN4O3.